The number of alkyl halides is 3. The first kappa shape index (κ1) is 21.2. The molecule has 2 aliphatic rings. The summed E-state index contributed by atoms with van der Waals surface area (Å²) in [6, 6.07) is -0.275. The molecule has 28 heavy (non-hydrogen) atoms. The van der Waals surface area contributed by atoms with Crippen LogP contribution in [0.5, 0.6) is 0 Å². The zero-order chi connectivity index (χ0) is 20.3. The number of aliphatic hydroxyl groups excluding tert-OH is 2. The average molecular weight is 405 g/mol. The number of nitrogens with one attached hydrogen (secondary N) is 2. The van der Waals surface area contributed by atoms with Gasteiger partial charge in [-0.25, -0.2) is 4.98 Å². The fraction of sp³-hybridized carbons (Fsp3) is 0.765. The first-order valence-corrected chi connectivity index (χ1v) is 9.36. The number of nitrogens with zero attached hydrogens (tertiary/aromatic N) is 2. The van der Waals surface area contributed by atoms with E-state index in [-0.39, 0.29) is 18.5 Å². The zero-order valence-electron chi connectivity index (χ0n) is 15.3. The van der Waals surface area contributed by atoms with E-state index in [1.807, 2.05) is 0 Å². The van der Waals surface area contributed by atoms with Gasteiger partial charge in [-0.1, -0.05) is 0 Å². The maximum Gasteiger partial charge on any atom is 0.434 e. The molecular formula is C17H26F3N5O3. The Labute approximate surface area is 160 Å². The Morgan fingerprint density at radius 2 is 1.86 bits per heavy atom. The molecule has 0 amide bonds. The molecule has 0 radical (unpaired) electrons. The van der Waals surface area contributed by atoms with Gasteiger partial charge in [0.2, 0.25) is 0 Å². The lowest BCUT2D eigenvalue weighted by atomic mass is 9.91. The summed E-state index contributed by atoms with van der Waals surface area (Å²) in [5.41, 5.74) is 4.74. The third-order valence-electron chi connectivity index (χ3n) is 5.27. The molecule has 1 aliphatic carbocycles. The maximum atomic E-state index is 12.7. The normalized spacial score (nSPS) is 34.2. The Bertz CT molecular complexity index is 643. The number of anilines is 1. The van der Waals surface area contributed by atoms with Crippen molar-refractivity contribution in [1.29, 1.82) is 0 Å². The monoisotopic (exact) mass is 405 g/mol. The zero-order valence-corrected chi connectivity index (χ0v) is 15.3. The summed E-state index contributed by atoms with van der Waals surface area (Å²) in [5.74, 6) is -0.148. The largest absolute Gasteiger partial charge is 0.434 e. The minimum Gasteiger partial charge on any atom is -0.388 e. The van der Waals surface area contributed by atoms with Crippen molar-refractivity contribution in [1.82, 2.24) is 15.3 Å². The Morgan fingerprint density at radius 1 is 1.14 bits per heavy atom. The maximum absolute atomic E-state index is 12.7. The molecule has 6 N–H and O–H groups in total. The molecule has 0 spiro atoms. The number of aromatic nitrogens is 2. The second kappa shape index (κ2) is 8.87. The molecule has 2 heterocycles. The third kappa shape index (κ3) is 5.29. The molecule has 1 aromatic rings. The van der Waals surface area contributed by atoms with Crippen molar-refractivity contribution in [3.63, 3.8) is 0 Å². The highest BCUT2D eigenvalue weighted by atomic mass is 19.4. The van der Waals surface area contributed by atoms with E-state index < -0.39 is 36.2 Å². The first-order valence-electron chi connectivity index (χ1n) is 9.36. The highest BCUT2D eigenvalue weighted by Crippen LogP contribution is 2.28. The molecule has 0 aromatic carbocycles. The summed E-state index contributed by atoms with van der Waals surface area (Å²) in [6.45, 7) is 0.381. The molecule has 4 atom stereocenters. The Morgan fingerprint density at radius 3 is 2.54 bits per heavy atom. The molecule has 1 aromatic heterocycles. The SMILES string of the molecule is NC1CCC(NC[C@H]2OC[C@H](Nc3cncc(C(F)(F)F)n3)[C@@H](O)[C@H]2O)CC1. The van der Waals surface area contributed by atoms with Crippen LogP contribution in [-0.2, 0) is 10.9 Å². The molecule has 1 aliphatic heterocycles. The van der Waals surface area contributed by atoms with Crippen LogP contribution in [0.25, 0.3) is 0 Å². The molecule has 2 fully saturated rings. The molecule has 8 nitrogen and oxygen atoms in total. The quantitative estimate of drug-likeness (QED) is 0.472. The van der Waals surface area contributed by atoms with Crippen LogP contribution in [0.2, 0.25) is 0 Å². The van der Waals surface area contributed by atoms with Gasteiger partial charge in [0, 0.05) is 18.6 Å². The van der Waals surface area contributed by atoms with Gasteiger partial charge < -0.3 is 31.3 Å². The summed E-state index contributed by atoms with van der Waals surface area (Å²) in [4.78, 5) is 6.96. The number of rotatable bonds is 5. The van der Waals surface area contributed by atoms with Crippen molar-refractivity contribution < 1.29 is 28.1 Å². The lowest BCUT2D eigenvalue weighted by molar-refractivity contribution is -0.141. The van der Waals surface area contributed by atoms with Gasteiger partial charge in [-0.15, -0.1) is 0 Å². The predicted octanol–water partition coefficient (Wildman–Crippen LogP) is 0.256. The van der Waals surface area contributed by atoms with E-state index in [1.165, 1.54) is 0 Å². The van der Waals surface area contributed by atoms with Crippen molar-refractivity contribution >= 4 is 5.82 Å². The van der Waals surface area contributed by atoms with Gasteiger partial charge in [0.25, 0.3) is 0 Å². The fourth-order valence-corrected chi connectivity index (χ4v) is 3.56. The third-order valence-corrected chi connectivity index (χ3v) is 5.27. The molecule has 0 unspecified atom stereocenters. The number of hydrogen-bond acceptors (Lipinski definition) is 8. The van der Waals surface area contributed by atoms with Crippen molar-refractivity contribution in [3.8, 4) is 0 Å². The van der Waals surface area contributed by atoms with Gasteiger partial charge in [-0.3, -0.25) is 4.98 Å². The average Bonchev–Trinajstić information content (AvgIpc) is 2.66. The van der Waals surface area contributed by atoms with Gasteiger partial charge in [-0.2, -0.15) is 13.2 Å². The van der Waals surface area contributed by atoms with E-state index in [0.29, 0.717) is 18.8 Å². The number of hydrogen-bond donors (Lipinski definition) is 5. The van der Waals surface area contributed by atoms with Crippen LogP contribution in [0.15, 0.2) is 12.4 Å². The number of nitrogens with two attached hydrogens (primary N) is 1. The highest BCUT2D eigenvalue weighted by molar-refractivity contribution is 5.34. The smallest absolute Gasteiger partial charge is 0.388 e. The Hall–Kier alpha value is -1.53. The minimum atomic E-state index is -4.62. The summed E-state index contributed by atoms with van der Waals surface area (Å²) in [5, 5.41) is 26.7. The Kier molecular flexibility index (Phi) is 6.71. The lowest BCUT2D eigenvalue weighted by Gasteiger charge is -2.39. The topological polar surface area (TPSA) is 126 Å². The standard InChI is InChI=1S/C17H26F3N5O3/c18-17(19,20)13-6-22-7-14(25-13)24-11-8-28-12(16(27)15(11)26)5-23-10-3-1-9(21)2-4-10/h6-7,9-12,15-16,23,26-27H,1-5,8,21H2,(H,24,25)/t9?,10?,11-,12+,15+,16-/m0/s1. The van der Waals surface area contributed by atoms with Crippen LogP contribution >= 0.6 is 0 Å². The summed E-state index contributed by atoms with van der Waals surface area (Å²) in [7, 11) is 0. The first-order chi connectivity index (χ1) is 13.2. The summed E-state index contributed by atoms with van der Waals surface area (Å²) >= 11 is 0. The van der Waals surface area contributed by atoms with Crippen LogP contribution in [0.3, 0.4) is 0 Å². The van der Waals surface area contributed by atoms with Crippen LogP contribution in [0.1, 0.15) is 31.4 Å². The van der Waals surface area contributed by atoms with Crippen LogP contribution in [-0.4, -0.2) is 69.8 Å². The second-order valence-corrected chi connectivity index (χ2v) is 7.41. The molecule has 11 heteroatoms. The van der Waals surface area contributed by atoms with Gasteiger partial charge in [0.05, 0.1) is 31.1 Å². The van der Waals surface area contributed by atoms with Crippen LogP contribution in [0.4, 0.5) is 19.0 Å². The number of halogens is 3. The van der Waals surface area contributed by atoms with E-state index in [1.54, 1.807) is 0 Å². The number of ether oxygens (including phenoxy) is 1. The molecule has 0 bridgehead atoms. The molecule has 1 saturated carbocycles. The lowest BCUT2D eigenvalue weighted by Crippen LogP contribution is -2.58. The number of aliphatic hydroxyl groups is 2. The van der Waals surface area contributed by atoms with Gasteiger partial charge in [-0.05, 0) is 25.7 Å². The van der Waals surface area contributed by atoms with E-state index >= 15 is 0 Å². The van der Waals surface area contributed by atoms with E-state index in [0.717, 1.165) is 31.9 Å². The van der Waals surface area contributed by atoms with Crippen LogP contribution in [0, 0.1) is 0 Å². The van der Waals surface area contributed by atoms with E-state index in [2.05, 4.69) is 20.6 Å². The minimum absolute atomic E-state index is 0.0119. The van der Waals surface area contributed by atoms with Crippen molar-refractivity contribution in [2.75, 3.05) is 18.5 Å². The van der Waals surface area contributed by atoms with Crippen molar-refractivity contribution in [2.45, 2.75) is 68.3 Å². The molecule has 3 rings (SSSR count). The van der Waals surface area contributed by atoms with Gasteiger partial charge in [0.1, 0.15) is 18.0 Å². The van der Waals surface area contributed by atoms with Crippen molar-refractivity contribution in [2.24, 2.45) is 5.73 Å². The summed E-state index contributed by atoms with van der Waals surface area (Å²) < 4.78 is 43.8. The van der Waals surface area contributed by atoms with E-state index in [4.69, 9.17) is 10.5 Å². The predicted molar refractivity (Wildman–Crippen MR) is 94.4 cm³/mol. The molecule has 158 valence electrons. The second-order valence-electron chi connectivity index (χ2n) is 7.41. The fourth-order valence-electron chi connectivity index (χ4n) is 3.56. The van der Waals surface area contributed by atoms with Crippen molar-refractivity contribution in [3.05, 3.63) is 18.1 Å². The molecular weight excluding hydrogens is 379 g/mol. The molecule has 1 saturated heterocycles. The van der Waals surface area contributed by atoms with Crippen LogP contribution < -0.4 is 16.4 Å². The van der Waals surface area contributed by atoms with Gasteiger partial charge >= 0.3 is 6.18 Å². The van der Waals surface area contributed by atoms with E-state index in [9.17, 15) is 23.4 Å². The summed E-state index contributed by atoms with van der Waals surface area (Å²) in [6.07, 6.45) is -2.13. The highest BCUT2D eigenvalue weighted by Gasteiger charge is 2.39. The Balaban J connectivity index is 1.52. The van der Waals surface area contributed by atoms with Gasteiger partial charge in [0.15, 0.2) is 5.69 Å².